The van der Waals surface area contributed by atoms with Crippen LogP contribution in [0.4, 0.5) is 0 Å². The van der Waals surface area contributed by atoms with Crippen molar-refractivity contribution < 1.29 is 24.3 Å². The van der Waals surface area contributed by atoms with Gasteiger partial charge in [0.15, 0.2) is 5.96 Å². The number of carboxylic acids is 1. The molecule has 1 fully saturated rings. The Morgan fingerprint density at radius 3 is 2.50 bits per heavy atom. The van der Waals surface area contributed by atoms with Gasteiger partial charge in [-0.3, -0.25) is 19.4 Å². The lowest BCUT2D eigenvalue weighted by molar-refractivity contribution is -0.149. The molecule has 10 N–H and O–H groups in total. The van der Waals surface area contributed by atoms with Crippen LogP contribution in [0.25, 0.3) is 10.9 Å². The molecule has 1 aliphatic heterocycles. The number of aliphatic imine (C=N–C) groups is 1. The van der Waals surface area contributed by atoms with E-state index in [9.17, 15) is 24.3 Å². The van der Waals surface area contributed by atoms with Gasteiger partial charge in [0.05, 0.1) is 6.04 Å². The molecule has 0 spiro atoms. The van der Waals surface area contributed by atoms with E-state index in [1.165, 1.54) is 4.90 Å². The number of hydrogen-bond donors (Lipinski definition) is 7. The van der Waals surface area contributed by atoms with Crippen molar-refractivity contribution in [2.45, 2.75) is 70.1 Å². The van der Waals surface area contributed by atoms with E-state index in [-0.39, 0.29) is 37.8 Å². The zero-order valence-electron chi connectivity index (χ0n) is 22.9. The van der Waals surface area contributed by atoms with E-state index in [4.69, 9.17) is 17.2 Å². The Hall–Kier alpha value is -4.13. The molecule has 1 saturated heterocycles. The largest absolute Gasteiger partial charge is 0.480 e. The summed E-state index contributed by atoms with van der Waals surface area (Å²) in [6.45, 7) is 4.10. The number of aromatic nitrogens is 1. The van der Waals surface area contributed by atoms with Crippen LogP contribution in [-0.4, -0.2) is 81.9 Å². The summed E-state index contributed by atoms with van der Waals surface area (Å²) in [6.07, 6.45) is 3.35. The van der Waals surface area contributed by atoms with Crippen LogP contribution < -0.4 is 27.8 Å². The first-order valence-corrected chi connectivity index (χ1v) is 13.5. The molecule has 1 aromatic heterocycles. The molecule has 3 amide bonds. The second-order valence-electron chi connectivity index (χ2n) is 10.4. The molecular formula is C27H40N8O5. The van der Waals surface area contributed by atoms with Crippen LogP contribution in [0.1, 0.15) is 45.1 Å². The second-order valence-corrected chi connectivity index (χ2v) is 10.4. The van der Waals surface area contributed by atoms with Crippen molar-refractivity contribution in [2.75, 3.05) is 13.1 Å². The number of carbonyl (C=O) groups is 4. The lowest BCUT2D eigenvalue weighted by Crippen LogP contribution is -2.58. The number of hydrogen-bond acceptors (Lipinski definition) is 6. The lowest BCUT2D eigenvalue weighted by atomic mass is 10.0. The van der Waals surface area contributed by atoms with Gasteiger partial charge >= 0.3 is 5.97 Å². The Labute approximate surface area is 232 Å². The van der Waals surface area contributed by atoms with Gasteiger partial charge in [-0.05, 0) is 43.2 Å². The molecule has 2 heterocycles. The molecule has 13 nitrogen and oxygen atoms in total. The fourth-order valence-corrected chi connectivity index (χ4v) is 4.82. The highest BCUT2D eigenvalue weighted by Gasteiger charge is 2.38. The van der Waals surface area contributed by atoms with Gasteiger partial charge in [-0.2, -0.15) is 0 Å². The fraction of sp³-hybridized carbons (Fsp3) is 0.519. The first-order valence-electron chi connectivity index (χ1n) is 13.5. The van der Waals surface area contributed by atoms with Gasteiger partial charge in [0.25, 0.3) is 0 Å². The highest BCUT2D eigenvalue weighted by molar-refractivity contribution is 5.95. The van der Waals surface area contributed by atoms with Gasteiger partial charge in [-0.15, -0.1) is 0 Å². The summed E-state index contributed by atoms with van der Waals surface area (Å²) in [6, 6.07) is 3.67. The minimum absolute atomic E-state index is 0.0881. The molecule has 2 aromatic rings. The van der Waals surface area contributed by atoms with E-state index >= 15 is 0 Å². The summed E-state index contributed by atoms with van der Waals surface area (Å²) in [7, 11) is 0. The number of likely N-dealkylation sites (tertiary alicyclic amines) is 1. The maximum absolute atomic E-state index is 13.7. The normalized spacial score (nSPS) is 17.3. The standard InChI is InChI=1S/C27H40N8O5/c1-15(2)22(28)24(37)33-19(9-5-11-31-27(29)30)23(36)34-20(25(38)35-12-6-10-21(35)26(39)40)13-16-14-32-18-8-4-3-7-17(16)18/h3-4,7-8,14-15,19-22,32H,5-6,9-13,28H2,1-2H3,(H,33,37)(H,34,36)(H,39,40)(H4,29,30,31). The number of nitrogens with one attached hydrogen (secondary N) is 3. The number of nitrogens with zero attached hydrogens (tertiary/aromatic N) is 2. The van der Waals surface area contributed by atoms with E-state index in [0.29, 0.717) is 19.3 Å². The second kappa shape index (κ2) is 13.8. The van der Waals surface area contributed by atoms with Crippen molar-refractivity contribution >= 4 is 40.6 Å². The number of nitrogens with two attached hydrogens (primary N) is 3. The molecule has 1 aliphatic rings. The first-order chi connectivity index (χ1) is 19.0. The molecule has 4 unspecified atom stereocenters. The Balaban J connectivity index is 1.87. The summed E-state index contributed by atoms with van der Waals surface area (Å²) in [5, 5.41) is 16.1. The first kappa shape index (κ1) is 30.4. The number of guanidine groups is 1. The molecule has 0 aliphatic carbocycles. The average molecular weight is 557 g/mol. The Morgan fingerprint density at radius 1 is 1.12 bits per heavy atom. The number of H-pyrrole nitrogens is 1. The third kappa shape index (κ3) is 7.72. The van der Waals surface area contributed by atoms with E-state index in [1.54, 1.807) is 20.0 Å². The summed E-state index contributed by atoms with van der Waals surface area (Å²) in [5.41, 5.74) is 18.4. The van der Waals surface area contributed by atoms with Crippen molar-refractivity contribution in [3.63, 3.8) is 0 Å². The van der Waals surface area contributed by atoms with Gasteiger partial charge in [0.2, 0.25) is 17.7 Å². The molecule has 13 heteroatoms. The molecule has 4 atom stereocenters. The quantitative estimate of drug-likeness (QED) is 0.0991. The van der Waals surface area contributed by atoms with Gasteiger partial charge in [-0.25, -0.2) is 4.79 Å². The Bertz CT molecular complexity index is 1240. The number of aliphatic carboxylic acids is 1. The van der Waals surface area contributed by atoms with Crippen LogP contribution in [0.3, 0.4) is 0 Å². The zero-order chi connectivity index (χ0) is 29.4. The smallest absolute Gasteiger partial charge is 0.326 e. The van der Waals surface area contributed by atoms with Gasteiger partial charge in [-0.1, -0.05) is 32.0 Å². The fourth-order valence-electron chi connectivity index (χ4n) is 4.82. The third-order valence-corrected chi connectivity index (χ3v) is 7.13. The van der Waals surface area contributed by atoms with Crippen LogP contribution >= 0.6 is 0 Å². The van der Waals surface area contributed by atoms with Crippen molar-refractivity contribution in [1.29, 1.82) is 0 Å². The highest BCUT2D eigenvalue weighted by atomic mass is 16.4. The van der Waals surface area contributed by atoms with Crippen LogP contribution in [0.15, 0.2) is 35.5 Å². The van der Waals surface area contributed by atoms with Gasteiger partial charge < -0.3 is 42.8 Å². The SMILES string of the molecule is CC(C)C(N)C(=O)NC(CCCN=C(N)N)C(=O)NC(Cc1c[nH]c2ccccc12)C(=O)N1CCCC1C(=O)O. The molecule has 0 saturated carbocycles. The minimum atomic E-state index is -1.09. The van der Waals surface area contributed by atoms with Crippen molar-refractivity contribution in [3.8, 4) is 0 Å². The highest BCUT2D eigenvalue weighted by Crippen LogP contribution is 2.23. The molecule has 3 rings (SSSR count). The molecule has 40 heavy (non-hydrogen) atoms. The number of rotatable bonds is 13. The summed E-state index contributed by atoms with van der Waals surface area (Å²) >= 11 is 0. The molecule has 1 aromatic carbocycles. The number of aromatic amines is 1. The zero-order valence-corrected chi connectivity index (χ0v) is 22.9. The van der Waals surface area contributed by atoms with Crippen LogP contribution in [0.2, 0.25) is 0 Å². The van der Waals surface area contributed by atoms with Crippen LogP contribution in [-0.2, 0) is 25.6 Å². The number of carboxylic acid groups (broad SMARTS) is 1. The minimum Gasteiger partial charge on any atom is -0.480 e. The predicted octanol–water partition coefficient (Wildman–Crippen LogP) is -0.207. The summed E-state index contributed by atoms with van der Waals surface area (Å²) in [4.78, 5) is 60.3. The van der Waals surface area contributed by atoms with E-state index in [1.807, 2.05) is 24.3 Å². The summed E-state index contributed by atoms with van der Waals surface area (Å²) in [5.74, 6) is -2.91. The van der Waals surface area contributed by atoms with E-state index in [2.05, 4.69) is 20.6 Å². The van der Waals surface area contributed by atoms with Crippen LogP contribution in [0.5, 0.6) is 0 Å². The number of fused-ring (bicyclic) bond motifs is 1. The predicted molar refractivity (Wildman–Crippen MR) is 151 cm³/mol. The van der Waals surface area contributed by atoms with Crippen molar-refractivity contribution in [1.82, 2.24) is 20.5 Å². The monoisotopic (exact) mass is 556 g/mol. The topological polar surface area (TPSA) is 222 Å². The molecule has 218 valence electrons. The summed E-state index contributed by atoms with van der Waals surface area (Å²) < 4.78 is 0. The third-order valence-electron chi connectivity index (χ3n) is 7.13. The molecule has 0 radical (unpaired) electrons. The lowest BCUT2D eigenvalue weighted by Gasteiger charge is -2.29. The van der Waals surface area contributed by atoms with Crippen molar-refractivity contribution in [3.05, 3.63) is 36.0 Å². The Kier molecular flexibility index (Phi) is 10.5. The maximum atomic E-state index is 13.7. The molecular weight excluding hydrogens is 516 g/mol. The average Bonchev–Trinajstić information content (AvgIpc) is 3.56. The number of para-hydroxylation sites is 1. The van der Waals surface area contributed by atoms with E-state index in [0.717, 1.165) is 16.5 Å². The number of amides is 3. The van der Waals surface area contributed by atoms with Crippen molar-refractivity contribution in [2.24, 2.45) is 28.1 Å². The maximum Gasteiger partial charge on any atom is 0.326 e. The Morgan fingerprint density at radius 2 is 1.82 bits per heavy atom. The van der Waals surface area contributed by atoms with Gasteiger partial charge in [0, 0.05) is 36.6 Å². The molecule has 0 bridgehead atoms. The number of carbonyl (C=O) groups excluding carboxylic acids is 3. The van der Waals surface area contributed by atoms with Gasteiger partial charge in [0.1, 0.15) is 18.1 Å². The van der Waals surface area contributed by atoms with E-state index < -0.39 is 47.9 Å². The van der Waals surface area contributed by atoms with Crippen LogP contribution in [0, 0.1) is 5.92 Å². The number of benzene rings is 1.